The molecule has 8 nitrogen and oxygen atoms in total. The van der Waals surface area contributed by atoms with E-state index >= 15 is 0 Å². The first-order chi connectivity index (χ1) is 12.9. The third-order valence-electron chi connectivity index (χ3n) is 3.64. The first-order valence-corrected chi connectivity index (χ1v) is 8.18. The smallest absolute Gasteiger partial charge is 0.270 e. The van der Waals surface area contributed by atoms with Gasteiger partial charge in [-0.3, -0.25) is 19.7 Å². The maximum Gasteiger partial charge on any atom is 0.270 e. The Labute approximate surface area is 158 Å². The van der Waals surface area contributed by atoms with Crippen molar-refractivity contribution in [3.05, 3.63) is 86.2 Å². The van der Waals surface area contributed by atoms with Crippen LogP contribution in [0.15, 0.2) is 65.5 Å². The van der Waals surface area contributed by atoms with Gasteiger partial charge >= 0.3 is 0 Å². The summed E-state index contributed by atoms with van der Waals surface area (Å²) in [5.41, 5.74) is 0.795. The third-order valence-corrected chi connectivity index (χ3v) is 3.89. The zero-order valence-electron chi connectivity index (χ0n) is 13.8. The van der Waals surface area contributed by atoms with E-state index in [0.29, 0.717) is 22.0 Å². The van der Waals surface area contributed by atoms with Crippen LogP contribution in [0.25, 0.3) is 11.3 Å². The lowest BCUT2D eigenvalue weighted by molar-refractivity contribution is -0.384. The van der Waals surface area contributed by atoms with Crippen LogP contribution in [0.2, 0.25) is 5.02 Å². The first-order valence-electron chi connectivity index (χ1n) is 7.81. The maximum absolute atomic E-state index is 12.2. The van der Waals surface area contributed by atoms with Gasteiger partial charge in [-0.25, -0.2) is 4.68 Å². The van der Waals surface area contributed by atoms with Crippen molar-refractivity contribution < 1.29 is 9.72 Å². The molecule has 0 spiro atoms. The molecule has 0 radical (unpaired) electrons. The average Bonchev–Trinajstić information content (AvgIpc) is 2.65. The SMILES string of the molecule is O=C(Cn1nc(-c2cccc([N+](=O)[O-])c2)ccc1=O)Nc1ccc(Cl)cc1. The van der Waals surface area contributed by atoms with E-state index in [9.17, 15) is 19.7 Å². The molecule has 0 unspecified atom stereocenters. The molecule has 0 aliphatic rings. The van der Waals surface area contributed by atoms with Gasteiger partial charge in [-0.15, -0.1) is 0 Å². The summed E-state index contributed by atoms with van der Waals surface area (Å²) in [6, 6.07) is 15.1. The molecule has 0 aliphatic heterocycles. The van der Waals surface area contributed by atoms with Gasteiger partial charge < -0.3 is 5.32 Å². The van der Waals surface area contributed by atoms with E-state index in [2.05, 4.69) is 10.4 Å². The molecule has 2 aromatic carbocycles. The Kier molecular flexibility index (Phi) is 5.28. The fourth-order valence-corrected chi connectivity index (χ4v) is 2.49. The van der Waals surface area contributed by atoms with Gasteiger partial charge in [0.25, 0.3) is 11.2 Å². The number of hydrogen-bond acceptors (Lipinski definition) is 5. The average molecular weight is 385 g/mol. The second-order valence-corrected chi connectivity index (χ2v) is 6.01. The van der Waals surface area contributed by atoms with E-state index in [1.165, 1.54) is 30.3 Å². The Morgan fingerprint density at radius 3 is 2.59 bits per heavy atom. The summed E-state index contributed by atoms with van der Waals surface area (Å²) in [7, 11) is 0. The molecule has 1 N–H and O–H groups in total. The van der Waals surface area contributed by atoms with Crippen LogP contribution in [0.4, 0.5) is 11.4 Å². The molecule has 1 amide bonds. The molecular weight excluding hydrogens is 372 g/mol. The molecule has 27 heavy (non-hydrogen) atoms. The standard InChI is InChI=1S/C18H13ClN4O4/c19-13-4-6-14(7-5-13)20-17(24)11-22-18(25)9-8-16(21-22)12-2-1-3-15(10-12)23(26)27/h1-10H,11H2,(H,20,24). The Morgan fingerprint density at radius 2 is 1.89 bits per heavy atom. The topological polar surface area (TPSA) is 107 Å². The quantitative estimate of drug-likeness (QED) is 0.537. The Balaban J connectivity index is 1.82. The summed E-state index contributed by atoms with van der Waals surface area (Å²) < 4.78 is 0.999. The fraction of sp³-hybridized carbons (Fsp3) is 0.0556. The number of nitro groups is 1. The molecule has 0 bridgehead atoms. The minimum atomic E-state index is -0.515. The number of aromatic nitrogens is 2. The van der Waals surface area contributed by atoms with E-state index < -0.39 is 16.4 Å². The summed E-state index contributed by atoms with van der Waals surface area (Å²) >= 11 is 5.79. The van der Waals surface area contributed by atoms with Crippen LogP contribution in [0, 0.1) is 10.1 Å². The predicted molar refractivity (Wildman–Crippen MR) is 101 cm³/mol. The predicted octanol–water partition coefficient (Wildman–Crippen LogP) is 3.11. The Bertz CT molecular complexity index is 1060. The molecule has 136 valence electrons. The van der Waals surface area contributed by atoms with Crippen molar-refractivity contribution in [1.29, 1.82) is 0 Å². The molecule has 0 saturated heterocycles. The molecule has 0 saturated carbocycles. The number of carbonyl (C=O) groups is 1. The summed E-state index contributed by atoms with van der Waals surface area (Å²) in [5.74, 6) is -0.442. The van der Waals surface area contributed by atoms with Gasteiger partial charge in [-0.05, 0) is 30.3 Å². The number of rotatable bonds is 5. The van der Waals surface area contributed by atoms with Gasteiger partial charge in [0.2, 0.25) is 5.91 Å². The number of carbonyl (C=O) groups excluding carboxylic acids is 1. The normalized spacial score (nSPS) is 10.4. The first kappa shape index (κ1) is 18.3. The largest absolute Gasteiger partial charge is 0.324 e. The number of hydrogen-bond donors (Lipinski definition) is 1. The van der Waals surface area contributed by atoms with Gasteiger partial charge in [0.05, 0.1) is 10.6 Å². The molecule has 0 aliphatic carbocycles. The molecule has 0 fully saturated rings. The van der Waals surface area contributed by atoms with Gasteiger partial charge in [0.15, 0.2) is 0 Å². The summed E-state index contributed by atoms with van der Waals surface area (Å²) in [6.07, 6.45) is 0. The molecule has 1 aromatic heterocycles. The van der Waals surface area contributed by atoms with Crippen molar-refractivity contribution in [2.75, 3.05) is 5.32 Å². The van der Waals surface area contributed by atoms with Crippen LogP contribution in [-0.2, 0) is 11.3 Å². The van der Waals surface area contributed by atoms with Crippen LogP contribution < -0.4 is 10.9 Å². The summed E-state index contributed by atoms with van der Waals surface area (Å²) in [5, 5.41) is 18.2. The highest BCUT2D eigenvalue weighted by Crippen LogP contribution is 2.21. The van der Waals surface area contributed by atoms with Crippen molar-refractivity contribution in [3.63, 3.8) is 0 Å². The fourth-order valence-electron chi connectivity index (χ4n) is 2.36. The summed E-state index contributed by atoms with van der Waals surface area (Å²) in [4.78, 5) is 34.6. The lowest BCUT2D eigenvalue weighted by atomic mass is 10.1. The Hall–Kier alpha value is -3.52. The monoisotopic (exact) mass is 384 g/mol. The van der Waals surface area contributed by atoms with E-state index in [1.807, 2.05) is 0 Å². The highest BCUT2D eigenvalue weighted by molar-refractivity contribution is 6.30. The maximum atomic E-state index is 12.2. The molecule has 3 aromatic rings. The van der Waals surface area contributed by atoms with Crippen LogP contribution in [0.5, 0.6) is 0 Å². The molecule has 1 heterocycles. The lowest BCUT2D eigenvalue weighted by Gasteiger charge is -2.08. The lowest BCUT2D eigenvalue weighted by Crippen LogP contribution is -2.29. The van der Waals surface area contributed by atoms with E-state index in [0.717, 1.165) is 4.68 Å². The van der Waals surface area contributed by atoms with E-state index in [1.54, 1.807) is 30.3 Å². The number of halogens is 1. The van der Waals surface area contributed by atoms with Crippen LogP contribution >= 0.6 is 11.6 Å². The van der Waals surface area contributed by atoms with Gasteiger partial charge in [0.1, 0.15) is 6.54 Å². The molecule has 9 heteroatoms. The number of benzene rings is 2. The van der Waals surface area contributed by atoms with Crippen molar-refractivity contribution in [3.8, 4) is 11.3 Å². The number of nitro benzene ring substituents is 1. The highest BCUT2D eigenvalue weighted by Gasteiger charge is 2.11. The van der Waals surface area contributed by atoms with Gasteiger partial charge in [-0.2, -0.15) is 5.10 Å². The minimum Gasteiger partial charge on any atom is -0.324 e. The number of nitrogens with zero attached hydrogens (tertiary/aromatic N) is 3. The molecular formula is C18H13ClN4O4. The van der Waals surface area contributed by atoms with Crippen LogP contribution in [0.1, 0.15) is 0 Å². The summed E-state index contributed by atoms with van der Waals surface area (Å²) in [6.45, 7) is -0.301. The molecule has 3 rings (SSSR count). The van der Waals surface area contributed by atoms with Crippen LogP contribution in [0.3, 0.4) is 0 Å². The van der Waals surface area contributed by atoms with Gasteiger partial charge in [0, 0.05) is 34.5 Å². The number of nitrogens with one attached hydrogen (secondary N) is 1. The number of amides is 1. The number of non-ortho nitro benzene ring substituents is 1. The van der Waals surface area contributed by atoms with Crippen molar-refractivity contribution in [2.45, 2.75) is 6.54 Å². The van der Waals surface area contributed by atoms with Gasteiger partial charge in [-0.1, -0.05) is 23.7 Å². The van der Waals surface area contributed by atoms with E-state index in [4.69, 9.17) is 11.6 Å². The van der Waals surface area contributed by atoms with Crippen molar-refractivity contribution in [1.82, 2.24) is 9.78 Å². The van der Waals surface area contributed by atoms with Crippen molar-refractivity contribution >= 4 is 28.9 Å². The van der Waals surface area contributed by atoms with Crippen LogP contribution in [-0.4, -0.2) is 20.6 Å². The van der Waals surface area contributed by atoms with Crippen molar-refractivity contribution in [2.24, 2.45) is 0 Å². The Morgan fingerprint density at radius 1 is 1.15 bits per heavy atom. The second kappa shape index (κ2) is 7.79. The molecule has 0 atom stereocenters. The minimum absolute atomic E-state index is 0.0902. The zero-order chi connectivity index (χ0) is 19.4. The zero-order valence-corrected chi connectivity index (χ0v) is 14.6. The second-order valence-electron chi connectivity index (χ2n) is 5.58. The number of anilines is 1. The third kappa shape index (κ3) is 4.56. The highest BCUT2D eigenvalue weighted by atomic mass is 35.5. The van der Waals surface area contributed by atoms with E-state index in [-0.39, 0.29) is 12.2 Å².